The van der Waals surface area contributed by atoms with Gasteiger partial charge in [-0.2, -0.15) is 0 Å². The average Bonchev–Trinajstić information content (AvgIpc) is 2.57. The number of carbonyl (C=O) groups excluding carboxylic acids is 1. The van der Waals surface area contributed by atoms with E-state index in [0.717, 1.165) is 6.07 Å². The van der Waals surface area contributed by atoms with Crippen molar-refractivity contribution in [3.8, 4) is 0 Å². The van der Waals surface area contributed by atoms with Crippen molar-refractivity contribution in [3.63, 3.8) is 0 Å². The van der Waals surface area contributed by atoms with Gasteiger partial charge in [-0.3, -0.25) is 9.78 Å². The minimum absolute atomic E-state index is 0.0147. The maximum atomic E-state index is 15.3. The van der Waals surface area contributed by atoms with E-state index in [4.69, 9.17) is 0 Å². The molecule has 2 aromatic rings. The van der Waals surface area contributed by atoms with Crippen molar-refractivity contribution in [1.29, 1.82) is 0 Å². The van der Waals surface area contributed by atoms with Gasteiger partial charge in [0, 0.05) is 29.9 Å². The number of aromatic nitrogens is 1. The number of carbonyl (C=O) groups is 1. The number of amides is 1. The zero-order chi connectivity index (χ0) is 17.3. The molecule has 24 heavy (non-hydrogen) atoms. The summed E-state index contributed by atoms with van der Waals surface area (Å²) in [4.78, 5) is 16.3. The van der Waals surface area contributed by atoms with Gasteiger partial charge in [0.25, 0.3) is 5.91 Å². The molecule has 1 amide bonds. The first kappa shape index (κ1) is 16.4. The van der Waals surface area contributed by atoms with E-state index in [0.29, 0.717) is 6.07 Å². The Hall–Kier alpha value is -2.41. The zero-order valence-electron chi connectivity index (χ0n) is 12.6. The minimum Gasteiger partial charge on any atom is -0.387 e. The number of pyridine rings is 1. The van der Waals surface area contributed by atoms with Gasteiger partial charge in [-0.15, -0.1) is 0 Å². The maximum Gasteiger partial charge on any atom is 0.262 e. The molecule has 126 valence electrons. The zero-order valence-corrected chi connectivity index (χ0v) is 12.6. The van der Waals surface area contributed by atoms with Crippen LogP contribution >= 0.6 is 0 Å². The second-order valence-electron chi connectivity index (χ2n) is 5.71. The third-order valence-electron chi connectivity index (χ3n) is 4.16. The molecule has 0 bridgehead atoms. The lowest BCUT2D eigenvalue weighted by Gasteiger charge is -2.32. The fourth-order valence-corrected chi connectivity index (χ4v) is 2.84. The van der Waals surface area contributed by atoms with Crippen molar-refractivity contribution >= 4 is 5.91 Å². The number of fused-ring (bicyclic) bond motifs is 1. The standard InChI is InChI=1S/C17H15F3N2O2/c18-11-4-3-10(13(19)8-11)9-22-16(24)17(20)6-5-14(23)15-12(17)2-1-7-21-15/h1-4,7-8,14,23H,5-6,9H2,(H,22,24)/t14-,17-/m0/s1. The fourth-order valence-electron chi connectivity index (χ4n) is 2.84. The summed E-state index contributed by atoms with van der Waals surface area (Å²) < 4.78 is 41.8. The van der Waals surface area contributed by atoms with Gasteiger partial charge in [0.2, 0.25) is 5.67 Å². The summed E-state index contributed by atoms with van der Waals surface area (Å²) in [5, 5.41) is 12.2. The normalized spacial score (nSPS) is 22.8. The van der Waals surface area contributed by atoms with Crippen molar-refractivity contribution in [1.82, 2.24) is 10.3 Å². The molecule has 1 aliphatic carbocycles. The molecule has 0 unspecified atom stereocenters. The number of hydrogen-bond donors (Lipinski definition) is 2. The SMILES string of the molecule is O=C(NCc1ccc(F)cc1F)[C@]1(F)CC[C@H](O)c2ncccc21. The van der Waals surface area contributed by atoms with Crippen LogP contribution in [0.2, 0.25) is 0 Å². The molecule has 1 aromatic heterocycles. The van der Waals surface area contributed by atoms with E-state index in [1.165, 1.54) is 24.4 Å². The molecule has 1 heterocycles. The Morgan fingerprint density at radius 3 is 2.92 bits per heavy atom. The van der Waals surface area contributed by atoms with Gasteiger partial charge in [0.1, 0.15) is 11.6 Å². The van der Waals surface area contributed by atoms with Gasteiger partial charge >= 0.3 is 0 Å². The lowest BCUT2D eigenvalue weighted by atomic mass is 9.81. The highest BCUT2D eigenvalue weighted by atomic mass is 19.1. The van der Waals surface area contributed by atoms with Crippen LogP contribution in [-0.2, 0) is 17.0 Å². The third kappa shape index (κ3) is 2.87. The van der Waals surface area contributed by atoms with Gasteiger partial charge in [-0.25, -0.2) is 13.2 Å². The summed E-state index contributed by atoms with van der Waals surface area (Å²) in [6.07, 6.45) is 0.343. The van der Waals surface area contributed by atoms with Gasteiger partial charge < -0.3 is 10.4 Å². The summed E-state index contributed by atoms with van der Waals surface area (Å²) in [7, 11) is 0. The summed E-state index contributed by atoms with van der Waals surface area (Å²) in [5.74, 6) is -2.48. The first-order chi connectivity index (χ1) is 11.4. The van der Waals surface area contributed by atoms with Gasteiger partial charge in [-0.1, -0.05) is 12.1 Å². The molecule has 0 saturated heterocycles. The van der Waals surface area contributed by atoms with E-state index in [1.54, 1.807) is 0 Å². The van der Waals surface area contributed by atoms with Crippen molar-refractivity contribution in [2.24, 2.45) is 0 Å². The quantitative estimate of drug-likeness (QED) is 0.906. The van der Waals surface area contributed by atoms with Gasteiger partial charge in [0.05, 0.1) is 11.8 Å². The van der Waals surface area contributed by atoms with Crippen LogP contribution in [0.3, 0.4) is 0 Å². The molecular weight excluding hydrogens is 321 g/mol. The van der Waals surface area contributed by atoms with Crippen molar-refractivity contribution < 1.29 is 23.1 Å². The van der Waals surface area contributed by atoms with Crippen molar-refractivity contribution in [3.05, 3.63) is 65.0 Å². The van der Waals surface area contributed by atoms with Gasteiger partial charge in [0.15, 0.2) is 0 Å². The molecule has 1 aliphatic rings. The largest absolute Gasteiger partial charge is 0.387 e. The topological polar surface area (TPSA) is 62.2 Å². The molecule has 2 atom stereocenters. The number of nitrogens with zero attached hydrogens (tertiary/aromatic N) is 1. The average molecular weight is 336 g/mol. The summed E-state index contributed by atoms with van der Waals surface area (Å²) >= 11 is 0. The summed E-state index contributed by atoms with van der Waals surface area (Å²) in [5.41, 5.74) is -2.15. The number of rotatable bonds is 3. The van der Waals surface area contributed by atoms with Crippen LogP contribution in [-0.4, -0.2) is 16.0 Å². The molecule has 4 nitrogen and oxygen atoms in total. The molecule has 0 fully saturated rings. The van der Waals surface area contributed by atoms with Crippen LogP contribution in [0.1, 0.15) is 35.8 Å². The van der Waals surface area contributed by atoms with E-state index >= 15 is 4.39 Å². The highest BCUT2D eigenvalue weighted by Gasteiger charge is 2.46. The van der Waals surface area contributed by atoms with Crippen LogP contribution in [0, 0.1) is 11.6 Å². The Balaban J connectivity index is 1.81. The number of aliphatic hydroxyl groups excluding tert-OH is 1. The molecule has 1 aromatic carbocycles. The second kappa shape index (κ2) is 6.24. The number of nitrogens with one attached hydrogen (secondary N) is 1. The van der Waals surface area contributed by atoms with E-state index in [1.807, 2.05) is 0 Å². The highest BCUT2D eigenvalue weighted by Crippen LogP contribution is 2.42. The van der Waals surface area contributed by atoms with Crippen LogP contribution in [0.25, 0.3) is 0 Å². The Kier molecular flexibility index (Phi) is 4.28. The first-order valence-electron chi connectivity index (χ1n) is 7.46. The summed E-state index contributed by atoms with van der Waals surface area (Å²) in [6, 6.07) is 5.84. The number of halogens is 3. The van der Waals surface area contributed by atoms with Crippen LogP contribution < -0.4 is 5.32 Å². The van der Waals surface area contributed by atoms with E-state index < -0.39 is 29.3 Å². The highest BCUT2D eigenvalue weighted by molar-refractivity contribution is 5.87. The first-order valence-corrected chi connectivity index (χ1v) is 7.46. The molecule has 7 heteroatoms. The molecule has 0 radical (unpaired) electrons. The maximum absolute atomic E-state index is 15.3. The molecular formula is C17H15F3N2O2. The van der Waals surface area contributed by atoms with E-state index in [9.17, 15) is 18.7 Å². The lowest BCUT2D eigenvalue weighted by Crippen LogP contribution is -2.44. The molecule has 0 saturated carbocycles. The molecule has 3 rings (SSSR count). The molecule has 0 spiro atoms. The van der Waals surface area contributed by atoms with E-state index in [-0.39, 0.29) is 36.2 Å². The minimum atomic E-state index is -2.35. The number of alkyl halides is 1. The third-order valence-corrected chi connectivity index (χ3v) is 4.16. The lowest BCUT2D eigenvalue weighted by molar-refractivity contribution is -0.135. The van der Waals surface area contributed by atoms with E-state index in [2.05, 4.69) is 10.3 Å². The smallest absolute Gasteiger partial charge is 0.262 e. The monoisotopic (exact) mass is 336 g/mol. The van der Waals surface area contributed by atoms with Crippen molar-refractivity contribution in [2.45, 2.75) is 31.2 Å². The Labute approximate surface area is 136 Å². The second-order valence-corrected chi connectivity index (χ2v) is 5.71. The molecule has 2 N–H and O–H groups in total. The summed E-state index contributed by atoms with van der Waals surface area (Å²) in [6.45, 7) is -0.269. The van der Waals surface area contributed by atoms with Crippen LogP contribution in [0.15, 0.2) is 36.5 Å². The van der Waals surface area contributed by atoms with Crippen molar-refractivity contribution in [2.75, 3.05) is 0 Å². The predicted octanol–water partition coefficient (Wildman–Crippen LogP) is 2.67. The predicted molar refractivity (Wildman–Crippen MR) is 79.4 cm³/mol. The number of benzene rings is 1. The Morgan fingerprint density at radius 1 is 1.38 bits per heavy atom. The fraction of sp³-hybridized carbons (Fsp3) is 0.294. The number of aliphatic hydroxyl groups is 1. The Bertz CT molecular complexity index is 784. The number of hydrogen-bond acceptors (Lipinski definition) is 3. The van der Waals surface area contributed by atoms with Crippen LogP contribution in [0.5, 0.6) is 0 Å². The molecule has 0 aliphatic heterocycles. The Morgan fingerprint density at radius 2 is 2.17 bits per heavy atom. The van der Waals surface area contributed by atoms with Crippen LogP contribution in [0.4, 0.5) is 13.2 Å². The van der Waals surface area contributed by atoms with Gasteiger partial charge in [-0.05, 0) is 25.0 Å².